The highest BCUT2D eigenvalue weighted by molar-refractivity contribution is 6.03. The number of hydrogen-bond acceptors (Lipinski definition) is 5. The summed E-state index contributed by atoms with van der Waals surface area (Å²) in [6, 6.07) is 0. The van der Waals surface area contributed by atoms with Gasteiger partial charge in [0.1, 0.15) is 12.7 Å². The summed E-state index contributed by atoms with van der Waals surface area (Å²) in [4.78, 5) is 26.0. The predicted molar refractivity (Wildman–Crippen MR) is 46.7 cm³/mol. The molecule has 0 amide bonds. The SMILES string of the molecule is CCn1ncnc1C(=O)CC(=O)OC. The molecule has 1 aromatic rings. The van der Waals surface area contributed by atoms with Crippen LogP contribution >= 0.6 is 0 Å². The summed E-state index contributed by atoms with van der Waals surface area (Å²) in [7, 11) is 1.24. The molecule has 0 bridgehead atoms. The highest BCUT2D eigenvalue weighted by atomic mass is 16.5. The number of esters is 1. The molecule has 0 spiro atoms. The molecule has 1 aromatic heterocycles. The Labute approximate surface area is 80.9 Å². The fourth-order valence-electron chi connectivity index (χ4n) is 0.994. The van der Waals surface area contributed by atoms with Crippen LogP contribution in [0.15, 0.2) is 6.33 Å². The smallest absolute Gasteiger partial charge is 0.313 e. The van der Waals surface area contributed by atoms with Crippen molar-refractivity contribution in [2.45, 2.75) is 19.9 Å². The molecule has 1 rings (SSSR count). The van der Waals surface area contributed by atoms with E-state index in [0.29, 0.717) is 6.54 Å². The van der Waals surface area contributed by atoms with Crippen LogP contribution in [0.2, 0.25) is 0 Å². The number of ether oxygens (including phenoxy) is 1. The molecule has 6 nitrogen and oxygen atoms in total. The summed E-state index contributed by atoms with van der Waals surface area (Å²) in [5.74, 6) is -0.755. The van der Waals surface area contributed by atoms with Gasteiger partial charge in [0, 0.05) is 6.54 Å². The minimum atomic E-state index is -0.569. The summed E-state index contributed by atoms with van der Waals surface area (Å²) in [6.45, 7) is 2.38. The van der Waals surface area contributed by atoms with Crippen LogP contribution in [0.3, 0.4) is 0 Å². The molecule has 0 aromatic carbocycles. The molecule has 0 saturated carbocycles. The fraction of sp³-hybridized carbons (Fsp3) is 0.500. The van der Waals surface area contributed by atoms with Gasteiger partial charge in [-0.3, -0.25) is 9.59 Å². The number of ketones is 1. The average Bonchev–Trinajstić information content (AvgIpc) is 2.65. The van der Waals surface area contributed by atoms with Crippen LogP contribution in [-0.2, 0) is 16.1 Å². The first-order chi connectivity index (χ1) is 6.69. The Kier molecular flexibility index (Phi) is 3.33. The van der Waals surface area contributed by atoms with E-state index in [1.54, 1.807) is 0 Å². The molecule has 1 heterocycles. The van der Waals surface area contributed by atoms with E-state index < -0.39 is 5.97 Å². The lowest BCUT2D eigenvalue weighted by atomic mass is 10.3. The van der Waals surface area contributed by atoms with Crippen molar-refractivity contribution in [2.75, 3.05) is 7.11 Å². The van der Waals surface area contributed by atoms with E-state index in [1.165, 1.54) is 18.1 Å². The van der Waals surface area contributed by atoms with E-state index in [2.05, 4.69) is 14.8 Å². The highest BCUT2D eigenvalue weighted by Gasteiger charge is 2.17. The summed E-state index contributed by atoms with van der Waals surface area (Å²) < 4.78 is 5.81. The van der Waals surface area contributed by atoms with Crippen molar-refractivity contribution >= 4 is 11.8 Å². The monoisotopic (exact) mass is 197 g/mol. The number of aromatic nitrogens is 3. The number of carbonyl (C=O) groups excluding carboxylic acids is 2. The summed E-state index contributed by atoms with van der Waals surface area (Å²) in [5.41, 5.74) is 0. The summed E-state index contributed by atoms with van der Waals surface area (Å²) in [6.07, 6.45) is 0.989. The Morgan fingerprint density at radius 2 is 2.29 bits per heavy atom. The fourth-order valence-corrected chi connectivity index (χ4v) is 0.994. The molecular weight excluding hydrogens is 186 g/mol. The number of nitrogens with zero attached hydrogens (tertiary/aromatic N) is 3. The van der Waals surface area contributed by atoms with E-state index in [4.69, 9.17) is 0 Å². The number of hydrogen-bond donors (Lipinski definition) is 0. The van der Waals surface area contributed by atoms with Gasteiger partial charge in [0.05, 0.1) is 7.11 Å². The summed E-state index contributed by atoms with van der Waals surface area (Å²) in [5, 5.41) is 3.82. The van der Waals surface area contributed by atoms with Crippen molar-refractivity contribution in [1.82, 2.24) is 14.8 Å². The van der Waals surface area contributed by atoms with Crippen LogP contribution in [0.1, 0.15) is 24.0 Å². The van der Waals surface area contributed by atoms with Crippen molar-refractivity contribution < 1.29 is 14.3 Å². The first-order valence-electron chi connectivity index (χ1n) is 4.16. The molecule has 0 N–H and O–H groups in total. The Bertz CT molecular complexity index is 345. The van der Waals surface area contributed by atoms with Crippen molar-refractivity contribution in [3.63, 3.8) is 0 Å². The van der Waals surface area contributed by atoms with Crippen LogP contribution in [0.4, 0.5) is 0 Å². The van der Waals surface area contributed by atoms with Crippen molar-refractivity contribution in [3.8, 4) is 0 Å². The van der Waals surface area contributed by atoms with Gasteiger partial charge in [0.25, 0.3) is 0 Å². The van der Waals surface area contributed by atoms with Crippen molar-refractivity contribution in [3.05, 3.63) is 12.2 Å². The Hall–Kier alpha value is -1.72. The molecule has 0 atom stereocenters. The third kappa shape index (κ3) is 2.15. The second-order valence-corrected chi connectivity index (χ2v) is 2.58. The molecule has 0 unspecified atom stereocenters. The first kappa shape index (κ1) is 10.4. The minimum absolute atomic E-state index is 0.193. The van der Waals surface area contributed by atoms with Gasteiger partial charge in [0.15, 0.2) is 5.82 Å². The minimum Gasteiger partial charge on any atom is -0.469 e. The van der Waals surface area contributed by atoms with Crippen molar-refractivity contribution in [1.29, 1.82) is 0 Å². The van der Waals surface area contributed by atoms with E-state index in [0.717, 1.165) is 0 Å². The van der Waals surface area contributed by atoms with E-state index in [9.17, 15) is 9.59 Å². The van der Waals surface area contributed by atoms with Crippen LogP contribution in [0, 0.1) is 0 Å². The lowest BCUT2D eigenvalue weighted by Gasteiger charge is -2.00. The first-order valence-corrected chi connectivity index (χ1v) is 4.16. The quantitative estimate of drug-likeness (QED) is 0.387. The van der Waals surface area contributed by atoms with Crippen LogP contribution in [-0.4, -0.2) is 33.6 Å². The highest BCUT2D eigenvalue weighted by Crippen LogP contribution is 2.00. The van der Waals surface area contributed by atoms with Gasteiger partial charge in [-0.15, -0.1) is 0 Å². The van der Waals surface area contributed by atoms with E-state index in [1.807, 2.05) is 6.92 Å². The van der Waals surface area contributed by atoms with Gasteiger partial charge in [0.2, 0.25) is 5.78 Å². The topological polar surface area (TPSA) is 74.1 Å². The van der Waals surface area contributed by atoms with Gasteiger partial charge in [-0.05, 0) is 6.92 Å². The van der Waals surface area contributed by atoms with Crippen molar-refractivity contribution in [2.24, 2.45) is 0 Å². The lowest BCUT2D eigenvalue weighted by Crippen LogP contribution is -2.15. The molecule has 14 heavy (non-hydrogen) atoms. The molecule has 76 valence electrons. The molecule has 6 heteroatoms. The number of methoxy groups -OCH3 is 1. The predicted octanol–water partition coefficient (Wildman–Crippen LogP) is 0.0438. The molecule has 0 saturated heterocycles. The summed E-state index contributed by atoms with van der Waals surface area (Å²) >= 11 is 0. The third-order valence-corrected chi connectivity index (χ3v) is 1.70. The molecule has 0 aliphatic rings. The van der Waals surface area contributed by atoms with Gasteiger partial charge in [-0.25, -0.2) is 9.67 Å². The third-order valence-electron chi connectivity index (χ3n) is 1.70. The Balaban J connectivity index is 2.74. The second-order valence-electron chi connectivity index (χ2n) is 2.58. The molecular formula is C8H11N3O3. The average molecular weight is 197 g/mol. The molecule has 0 radical (unpaired) electrons. The maximum absolute atomic E-state index is 11.4. The maximum Gasteiger partial charge on any atom is 0.313 e. The standard InChI is InChI=1S/C8H11N3O3/c1-3-11-8(9-5-10-11)6(12)4-7(13)14-2/h5H,3-4H2,1-2H3. The van der Waals surface area contributed by atoms with Gasteiger partial charge in [-0.1, -0.05) is 0 Å². The number of carbonyl (C=O) groups is 2. The zero-order valence-electron chi connectivity index (χ0n) is 8.06. The number of rotatable bonds is 4. The van der Waals surface area contributed by atoms with Gasteiger partial charge in [-0.2, -0.15) is 5.10 Å². The second kappa shape index (κ2) is 4.50. The van der Waals surface area contributed by atoms with Gasteiger partial charge >= 0.3 is 5.97 Å². The van der Waals surface area contributed by atoms with E-state index >= 15 is 0 Å². The zero-order valence-corrected chi connectivity index (χ0v) is 8.06. The van der Waals surface area contributed by atoms with Crippen LogP contribution < -0.4 is 0 Å². The molecule has 0 aliphatic carbocycles. The molecule has 0 fully saturated rings. The lowest BCUT2D eigenvalue weighted by molar-refractivity contribution is -0.139. The maximum atomic E-state index is 11.4. The Morgan fingerprint density at radius 1 is 1.57 bits per heavy atom. The van der Waals surface area contributed by atoms with Gasteiger partial charge < -0.3 is 4.74 Å². The van der Waals surface area contributed by atoms with E-state index in [-0.39, 0.29) is 18.0 Å². The van der Waals surface area contributed by atoms with Crippen LogP contribution in [0.25, 0.3) is 0 Å². The van der Waals surface area contributed by atoms with Crippen LogP contribution in [0.5, 0.6) is 0 Å². The zero-order chi connectivity index (χ0) is 10.6. The number of Topliss-reactive ketones (excluding diaryl/α,β-unsaturated/α-hetero) is 1. The largest absolute Gasteiger partial charge is 0.469 e. The molecule has 0 aliphatic heterocycles. The normalized spacial score (nSPS) is 9.86. The Morgan fingerprint density at radius 3 is 2.86 bits per heavy atom. The number of aryl methyl sites for hydroxylation is 1.